The lowest BCUT2D eigenvalue weighted by molar-refractivity contribution is -0.122. The molecule has 3 N–H and O–H groups in total. The first kappa shape index (κ1) is 14.3. The molecule has 6 nitrogen and oxygen atoms in total. The molecule has 1 aliphatic rings. The third-order valence-corrected chi connectivity index (χ3v) is 3.18. The molecule has 1 atom stereocenters. The normalized spacial score (nSPS) is 18.2. The molecule has 1 aliphatic heterocycles. The molecule has 1 fully saturated rings. The SMILES string of the molecule is CCCNc1ccc(C(=O)NC2CCC(=O)NC2)cn1. The van der Waals surface area contributed by atoms with Gasteiger partial charge in [0.1, 0.15) is 5.82 Å². The number of pyridine rings is 1. The monoisotopic (exact) mass is 276 g/mol. The molecule has 2 amide bonds. The molecule has 0 spiro atoms. The molecule has 20 heavy (non-hydrogen) atoms. The summed E-state index contributed by atoms with van der Waals surface area (Å²) in [6.45, 7) is 3.44. The van der Waals surface area contributed by atoms with Crippen LogP contribution in [0.5, 0.6) is 0 Å². The summed E-state index contributed by atoms with van der Waals surface area (Å²) in [5, 5.41) is 8.80. The summed E-state index contributed by atoms with van der Waals surface area (Å²) < 4.78 is 0. The topological polar surface area (TPSA) is 83.1 Å². The quantitative estimate of drug-likeness (QED) is 0.746. The number of amides is 2. The van der Waals surface area contributed by atoms with Crippen molar-refractivity contribution in [2.45, 2.75) is 32.2 Å². The smallest absolute Gasteiger partial charge is 0.253 e. The third-order valence-electron chi connectivity index (χ3n) is 3.18. The van der Waals surface area contributed by atoms with Gasteiger partial charge in [-0.05, 0) is 25.0 Å². The van der Waals surface area contributed by atoms with E-state index >= 15 is 0 Å². The zero-order valence-electron chi connectivity index (χ0n) is 11.6. The average Bonchev–Trinajstić information content (AvgIpc) is 2.48. The molecule has 6 heteroatoms. The second-order valence-electron chi connectivity index (χ2n) is 4.87. The van der Waals surface area contributed by atoms with E-state index in [-0.39, 0.29) is 17.9 Å². The van der Waals surface area contributed by atoms with Crippen molar-refractivity contribution < 1.29 is 9.59 Å². The molecule has 1 unspecified atom stereocenters. The number of carbonyl (C=O) groups excluding carboxylic acids is 2. The summed E-state index contributed by atoms with van der Waals surface area (Å²) >= 11 is 0. The molecule has 108 valence electrons. The van der Waals surface area contributed by atoms with Gasteiger partial charge in [-0.1, -0.05) is 6.92 Å². The van der Waals surface area contributed by atoms with E-state index in [1.54, 1.807) is 18.3 Å². The van der Waals surface area contributed by atoms with Crippen molar-refractivity contribution in [2.24, 2.45) is 0 Å². The van der Waals surface area contributed by atoms with Crippen LogP contribution in [-0.4, -0.2) is 35.9 Å². The van der Waals surface area contributed by atoms with Gasteiger partial charge in [0.15, 0.2) is 0 Å². The van der Waals surface area contributed by atoms with Crippen LogP contribution in [0.3, 0.4) is 0 Å². The van der Waals surface area contributed by atoms with E-state index < -0.39 is 0 Å². The van der Waals surface area contributed by atoms with Gasteiger partial charge in [0.2, 0.25) is 5.91 Å². The van der Waals surface area contributed by atoms with E-state index in [9.17, 15) is 9.59 Å². The van der Waals surface area contributed by atoms with Crippen LogP contribution in [0.25, 0.3) is 0 Å². The Labute approximate surface area is 118 Å². The lowest BCUT2D eigenvalue weighted by Crippen LogP contribution is -2.47. The van der Waals surface area contributed by atoms with Crippen molar-refractivity contribution in [2.75, 3.05) is 18.4 Å². The minimum atomic E-state index is -0.152. The zero-order valence-corrected chi connectivity index (χ0v) is 11.6. The highest BCUT2D eigenvalue weighted by molar-refractivity contribution is 5.94. The number of anilines is 1. The van der Waals surface area contributed by atoms with Crippen LogP contribution in [0.15, 0.2) is 18.3 Å². The molecule has 0 aliphatic carbocycles. The number of hydrogen-bond acceptors (Lipinski definition) is 4. The van der Waals surface area contributed by atoms with E-state index in [0.29, 0.717) is 24.9 Å². The highest BCUT2D eigenvalue weighted by Gasteiger charge is 2.20. The number of rotatable bonds is 5. The number of piperidine rings is 1. The van der Waals surface area contributed by atoms with E-state index in [1.165, 1.54) is 0 Å². The molecule has 1 saturated heterocycles. The first-order valence-electron chi connectivity index (χ1n) is 6.96. The van der Waals surface area contributed by atoms with Crippen molar-refractivity contribution in [3.8, 4) is 0 Å². The Kier molecular flexibility index (Phi) is 4.92. The summed E-state index contributed by atoms with van der Waals surface area (Å²) in [7, 11) is 0. The van der Waals surface area contributed by atoms with Crippen molar-refractivity contribution in [1.82, 2.24) is 15.6 Å². The standard InChI is InChI=1S/C14H20N4O2/c1-2-7-15-12-5-3-10(8-16-12)14(20)18-11-4-6-13(19)17-9-11/h3,5,8,11H,2,4,6-7,9H2,1H3,(H,15,16)(H,17,19)(H,18,20). The molecule has 0 bridgehead atoms. The van der Waals surface area contributed by atoms with Crippen LogP contribution in [0.4, 0.5) is 5.82 Å². The zero-order chi connectivity index (χ0) is 14.4. The van der Waals surface area contributed by atoms with Gasteiger partial charge in [-0.15, -0.1) is 0 Å². The predicted octanol–water partition coefficient (Wildman–Crippen LogP) is 0.912. The highest BCUT2D eigenvalue weighted by atomic mass is 16.2. The molecular weight excluding hydrogens is 256 g/mol. The Hall–Kier alpha value is -2.11. The Bertz CT molecular complexity index is 463. The summed E-state index contributed by atoms with van der Waals surface area (Å²) in [6.07, 6.45) is 3.73. The van der Waals surface area contributed by atoms with Crippen molar-refractivity contribution in [3.05, 3.63) is 23.9 Å². The Morgan fingerprint density at radius 2 is 2.35 bits per heavy atom. The summed E-state index contributed by atoms with van der Waals surface area (Å²) in [4.78, 5) is 27.3. The van der Waals surface area contributed by atoms with Crippen molar-refractivity contribution >= 4 is 17.6 Å². The molecule has 0 aromatic carbocycles. The van der Waals surface area contributed by atoms with Gasteiger partial charge in [-0.2, -0.15) is 0 Å². The van der Waals surface area contributed by atoms with Gasteiger partial charge in [0.05, 0.1) is 5.56 Å². The second-order valence-corrected chi connectivity index (χ2v) is 4.87. The maximum atomic E-state index is 12.0. The lowest BCUT2D eigenvalue weighted by atomic mass is 10.1. The molecule has 0 radical (unpaired) electrons. The Balaban J connectivity index is 1.87. The summed E-state index contributed by atoms with van der Waals surface area (Å²) in [5.74, 6) is 0.664. The Morgan fingerprint density at radius 1 is 1.50 bits per heavy atom. The molecule has 1 aromatic rings. The maximum Gasteiger partial charge on any atom is 0.253 e. The maximum absolute atomic E-state index is 12.0. The van der Waals surface area contributed by atoms with E-state index in [2.05, 4.69) is 27.9 Å². The number of carbonyl (C=O) groups is 2. The summed E-state index contributed by atoms with van der Waals surface area (Å²) in [5.41, 5.74) is 0.531. The van der Waals surface area contributed by atoms with Crippen LogP contribution < -0.4 is 16.0 Å². The third kappa shape index (κ3) is 3.94. The van der Waals surface area contributed by atoms with Crippen molar-refractivity contribution in [1.29, 1.82) is 0 Å². The van der Waals surface area contributed by atoms with Crippen LogP contribution in [0.1, 0.15) is 36.5 Å². The number of nitrogens with one attached hydrogen (secondary N) is 3. The number of hydrogen-bond donors (Lipinski definition) is 3. The predicted molar refractivity (Wildman–Crippen MR) is 76.5 cm³/mol. The van der Waals surface area contributed by atoms with E-state index in [1.807, 2.05) is 0 Å². The van der Waals surface area contributed by atoms with E-state index in [0.717, 1.165) is 18.8 Å². The first-order valence-corrected chi connectivity index (χ1v) is 6.96. The second kappa shape index (κ2) is 6.88. The fourth-order valence-corrected chi connectivity index (χ4v) is 2.01. The largest absolute Gasteiger partial charge is 0.370 e. The fraction of sp³-hybridized carbons (Fsp3) is 0.500. The molecule has 2 heterocycles. The van der Waals surface area contributed by atoms with Crippen LogP contribution in [0.2, 0.25) is 0 Å². The van der Waals surface area contributed by atoms with Gasteiger partial charge >= 0.3 is 0 Å². The molecular formula is C14H20N4O2. The van der Waals surface area contributed by atoms with Gasteiger partial charge in [0, 0.05) is 31.7 Å². The first-order chi connectivity index (χ1) is 9.69. The van der Waals surface area contributed by atoms with Crippen molar-refractivity contribution in [3.63, 3.8) is 0 Å². The van der Waals surface area contributed by atoms with Gasteiger partial charge in [-0.25, -0.2) is 4.98 Å². The average molecular weight is 276 g/mol. The van der Waals surface area contributed by atoms with Crippen LogP contribution >= 0.6 is 0 Å². The lowest BCUT2D eigenvalue weighted by Gasteiger charge is -2.23. The highest BCUT2D eigenvalue weighted by Crippen LogP contribution is 2.07. The number of nitrogens with zero attached hydrogens (tertiary/aromatic N) is 1. The number of aromatic nitrogens is 1. The van der Waals surface area contributed by atoms with E-state index in [4.69, 9.17) is 0 Å². The van der Waals surface area contributed by atoms with Gasteiger partial charge in [-0.3, -0.25) is 9.59 Å². The minimum Gasteiger partial charge on any atom is -0.370 e. The van der Waals surface area contributed by atoms with Crippen LogP contribution in [-0.2, 0) is 4.79 Å². The molecule has 2 rings (SSSR count). The van der Waals surface area contributed by atoms with Gasteiger partial charge in [0.25, 0.3) is 5.91 Å². The Morgan fingerprint density at radius 3 is 2.95 bits per heavy atom. The van der Waals surface area contributed by atoms with Crippen LogP contribution in [0, 0.1) is 0 Å². The fourth-order valence-electron chi connectivity index (χ4n) is 2.01. The summed E-state index contributed by atoms with van der Waals surface area (Å²) in [6, 6.07) is 3.55. The van der Waals surface area contributed by atoms with Gasteiger partial charge < -0.3 is 16.0 Å². The molecule has 1 aromatic heterocycles. The molecule has 0 saturated carbocycles. The minimum absolute atomic E-state index is 0.00177.